The van der Waals surface area contributed by atoms with Crippen molar-refractivity contribution in [2.24, 2.45) is 0 Å². The number of carbonyl (C=O) groups is 1. The molecule has 0 fully saturated rings. The van der Waals surface area contributed by atoms with Gasteiger partial charge in [0.1, 0.15) is 0 Å². The van der Waals surface area contributed by atoms with Gasteiger partial charge in [0, 0.05) is 24.3 Å². The van der Waals surface area contributed by atoms with Crippen molar-refractivity contribution in [2.75, 3.05) is 11.3 Å². The molecule has 0 radical (unpaired) electrons. The van der Waals surface area contributed by atoms with Crippen LogP contribution in [0.25, 0.3) is 0 Å². The lowest BCUT2D eigenvalue weighted by Crippen LogP contribution is -2.30. The molecule has 0 aliphatic carbocycles. The molecule has 0 atom stereocenters. The van der Waals surface area contributed by atoms with E-state index in [1.165, 1.54) is 12.1 Å². The van der Waals surface area contributed by atoms with Crippen molar-refractivity contribution < 1.29 is 13.2 Å². The maximum atomic E-state index is 12.8. The van der Waals surface area contributed by atoms with E-state index in [9.17, 15) is 13.2 Å². The number of rotatable bonds is 7. The second kappa shape index (κ2) is 8.71. The second-order valence-electron chi connectivity index (χ2n) is 6.30. The zero-order valence-corrected chi connectivity index (χ0v) is 16.4. The number of amides is 1. The fourth-order valence-corrected chi connectivity index (χ4v) is 3.89. The first-order chi connectivity index (χ1) is 13.5. The Morgan fingerprint density at radius 1 is 0.857 bits per heavy atom. The Bertz CT molecular complexity index is 1020. The highest BCUT2D eigenvalue weighted by Gasteiger charge is 2.16. The molecule has 1 amide bonds. The van der Waals surface area contributed by atoms with Crippen LogP contribution < -0.4 is 4.72 Å². The van der Waals surface area contributed by atoms with E-state index in [1.54, 1.807) is 47.4 Å². The molecule has 0 heterocycles. The van der Waals surface area contributed by atoms with Crippen molar-refractivity contribution in [1.29, 1.82) is 0 Å². The highest BCUT2D eigenvalue weighted by Crippen LogP contribution is 2.18. The maximum absolute atomic E-state index is 12.8. The molecule has 0 aliphatic heterocycles. The number of benzene rings is 3. The summed E-state index contributed by atoms with van der Waals surface area (Å²) in [4.78, 5) is 14.7. The number of sulfonamides is 1. The van der Waals surface area contributed by atoms with Gasteiger partial charge in [0.2, 0.25) is 0 Å². The van der Waals surface area contributed by atoms with Gasteiger partial charge >= 0.3 is 0 Å². The van der Waals surface area contributed by atoms with E-state index in [-0.39, 0.29) is 10.8 Å². The van der Waals surface area contributed by atoms with Gasteiger partial charge in [-0.2, -0.15) is 0 Å². The van der Waals surface area contributed by atoms with Crippen LogP contribution in [-0.4, -0.2) is 25.8 Å². The molecule has 6 heteroatoms. The van der Waals surface area contributed by atoms with Gasteiger partial charge in [-0.3, -0.25) is 9.52 Å². The van der Waals surface area contributed by atoms with E-state index >= 15 is 0 Å². The van der Waals surface area contributed by atoms with Crippen molar-refractivity contribution in [2.45, 2.75) is 18.4 Å². The molecule has 0 aromatic heterocycles. The van der Waals surface area contributed by atoms with Crippen molar-refractivity contribution >= 4 is 21.6 Å². The molecule has 0 unspecified atom stereocenters. The number of nitrogens with zero attached hydrogens (tertiary/aromatic N) is 1. The predicted octanol–water partition coefficient (Wildman–Crippen LogP) is 4.15. The molecule has 28 heavy (non-hydrogen) atoms. The summed E-state index contributed by atoms with van der Waals surface area (Å²) < 4.78 is 27.3. The van der Waals surface area contributed by atoms with Gasteiger partial charge in [0.15, 0.2) is 0 Å². The Morgan fingerprint density at radius 3 is 2.00 bits per heavy atom. The van der Waals surface area contributed by atoms with E-state index in [4.69, 9.17) is 0 Å². The molecule has 0 saturated carbocycles. The Balaban J connectivity index is 1.72. The lowest BCUT2D eigenvalue weighted by Gasteiger charge is -2.21. The third-order valence-electron chi connectivity index (χ3n) is 4.32. The van der Waals surface area contributed by atoms with Crippen LogP contribution in [0.15, 0.2) is 89.8 Å². The predicted molar refractivity (Wildman–Crippen MR) is 111 cm³/mol. The first-order valence-corrected chi connectivity index (χ1v) is 10.5. The van der Waals surface area contributed by atoms with Crippen LogP contribution in [0.2, 0.25) is 0 Å². The molecular formula is C22H22N2O3S. The molecule has 3 rings (SSSR count). The average molecular weight is 394 g/mol. The van der Waals surface area contributed by atoms with E-state index in [0.717, 1.165) is 5.56 Å². The third-order valence-corrected chi connectivity index (χ3v) is 5.72. The minimum Gasteiger partial charge on any atom is -0.335 e. The largest absolute Gasteiger partial charge is 0.335 e. The van der Waals surface area contributed by atoms with Crippen LogP contribution in [-0.2, 0) is 16.6 Å². The Kier molecular flexibility index (Phi) is 6.11. The number of carbonyl (C=O) groups excluding carboxylic acids is 1. The fraction of sp³-hybridized carbons (Fsp3) is 0.136. The van der Waals surface area contributed by atoms with Crippen LogP contribution in [0.1, 0.15) is 22.8 Å². The van der Waals surface area contributed by atoms with Crippen LogP contribution >= 0.6 is 0 Å². The Labute approximate surface area is 165 Å². The first kappa shape index (κ1) is 19.6. The lowest BCUT2D eigenvalue weighted by molar-refractivity contribution is 0.0752. The van der Waals surface area contributed by atoms with Crippen molar-refractivity contribution in [1.82, 2.24) is 4.90 Å². The summed E-state index contributed by atoms with van der Waals surface area (Å²) in [6, 6.07) is 24.4. The van der Waals surface area contributed by atoms with Gasteiger partial charge in [0.25, 0.3) is 15.9 Å². The van der Waals surface area contributed by atoms with Gasteiger partial charge in [-0.1, -0.05) is 48.5 Å². The second-order valence-corrected chi connectivity index (χ2v) is 7.98. The first-order valence-electron chi connectivity index (χ1n) is 9.01. The fourth-order valence-electron chi connectivity index (χ4n) is 2.81. The van der Waals surface area contributed by atoms with E-state index in [2.05, 4.69) is 4.72 Å². The summed E-state index contributed by atoms with van der Waals surface area (Å²) in [5, 5.41) is 0. The molecule has 0 aliphatic rings. The number of nitrogens with one attached hydrogen (secondary N) is 1. The van der Waals surface area contributed by atoms with Gasteiger partial charge < -0.3 is 4.90 Å². The quantitative estimate of drug-likeness (QED) is 0.655. The number of anilines is 1. The summed E-state index contributed by atoms with van der Waals surface area (Å²) >= 11 is 0. The molecular weight excluding hydrogens is 372 g/mol. The normalized spacial score (nSPS) is 11.0. The smallest absolute Gasteiger partial charge is 0.261 e. The maximum Gasteiger partial charge on any atom is 0.261 e. The molecule has 0 spiro atoms. The summed E-state index contributed by atoms with van der Waals surface area (Å²) in [5.41, 5.74) is 1.98. The van der Waals surface area contributed by atoms with Crippen molar-refractivity contribution in [3.8, 4) is 0 Å². The van der Waals surface area contributed by atoms with E-state index < -0.39 is 10.0 Å². The monoisotopic (exact) mass is 394 g/mol. The van der Waals surface area contributed by atoms with Crippen LogP contribution in [0.5, 0.6) is 0 Å². The summed E-state index contributed by atoms with van der Waals surface area (Å²) in [5.74, 6) is -0.0937. The van der Waals surface area contributed by atoms with Crippen molar-refractivity contribution in [3.05, 3.63) is 96.1 Å². The zero-order chi connectivity index (χ0) is 20.0. The molecule has 5 nitrogen and oxygen atoms in total. The molecule has 144 valence electrons. The highest BCUT2D eigenvalue weighted by atomic mass is 32.2. The van der Waals surface area contributed by atoms with Crippen LogP contribution in [0.4, 0.5) is 5.69 Å². The van der Waals surface area contributed by atoms with Crippen molar-refractivity contribution in [3.63, 3.8) is 0 Å². The molecule has 0 bridgehead atoms. The van der Waals surface area contributed by atoms with Gasteiger partial charge in [-0.15, -0.1) is 0 Å². The van der Waals surface area contributed by atoms with Crippen LogP contribution in [0, 0.1) is 0 Å². The lowest BCUT2D eigenvalue weighted by atomic mass is 10.1. The van der Waals surface area contributed by atoms with Gasteiger partial charge in [-0.25, -0.2) is 8.42 Å². The van der Waals surface area contributed by atoms with Gasteiger partial charge in [0.05, 0.1) is 4.90 Å². The Hall–Kier alpha value is -3.12. The van der Waals surface area contributed by atoms with E-state index in [0.29, 0.717) is 24.3 Å². The SMILES string of the molecule is CCN(Cc1ccccc1)C(=O)c1ccc(NS(=O)(=O)c2ccccc2)cc1. The average Bonchev–Trinajstić information content (AvgIpc) is 2.73. The molecule has 1 N–H and O–H groups in total. The number of hydrogen-bond donors (Lipinski definition) is 1. The topological polar surface area (TPSA) is 66.5 Å². The zero-order valence-electron chi connectivity index (χ0n) is 15.6. The molecule has 3 aromatic carbocycles. The minimum absolute atomic E-state index is 0.0937. The minimum atomic E-state index is -3.65. The third kappa shape index (κ3) is 4.78. The standard InChI is InChI=1S/C22H22N2O3S/c1-2-24(17-18-9-5-3-6-10-18)22(25)19-13-15-20(16-14-19)23-28(26,27)21-11-7-4-8-12-21/h3-16,23H,2,17H2,1H3. The van der Waals surface area contributed by atoms with E-state index in [1.807, 2.05) is 37.3 Å². The van der Waals surface area contributed by atoms with Gasteiger partial charge in [-0.05, 0) is 48.9 Å². The summed E-state index contributed by atoms with van der Waals surface area (Å²) in [6.45, 7) is 3.04. The Morgan fingerprint density at radius 2 is 1.43 bits per heavy atom. The summed E-state index contributed by atoms with van der Waals surface area (Å²) in [6.07, 6.45) is 0. The molecule has 3 aromatic rings. The van der Waals surface area contributed by atoms with Crippen LogP contribution in [0.3, 0.4) is 0 Å². The molecule has 0 saturated heterocycles. The summed E-state index contributed by atoms with van der Waals surface area (Å²) in [7, 11) is -3.65. The highest BCUT2D eigenvalue weighted by molar-refractivity contribution is 7.92. The number of hydrogen-bond acceptors (Lipinski definition) is 3.